The number of urea groups is 1. The molecule has 2 aromatic rings. The molecule has 8 heteroatoms. The summed E-state index contributed by atoms with van der Waals surface area (Å²) in [5, 5.41) is 3.25. The molecule has 4 amide bonds. The number of hydrogen-bond donors (Lipinski definition) is 1. The lowest BCUT2D eigenvalue weighted by Gasteiger charge is -2.35. The van der Waals surface area contributed by atoms with Crippen LogP contribution in [-0.2, 0) is 21.7 Å². The highest BCUT2D eigenvalue weighted by Gasteiger charge is 2.49. The number of nitrogens with one attached hydrogen (secondary N) is 1. The molecule has 1 unspecified atom stereocenters. The first kappa shape index (κ1) is 23.2. The monoisotopic (exact) mass is 471 g/mol. The summed E-state index contributed by atoms with van der Waals surface area (Å²) >= 11 is 5.96. The van der Waals surface area contributed by atoms with E-state index in [1.165, 1.54) is 12.1 Å². The van der Waals surface area contributed by atoms with Gasteiger partial charge in [0.05, 0.1) is 0 Å². The van der Waals surface area contributed by atoms with Gasteiger partial charge in [-0.1, -0.05) is 55.1 Å². The molecule has 0 spiro atoms. The van der Waals surface area contributed by atoms with Crippen LogP contribution >= 0.6 is 11.6 Å². The summed E-state index contributed by atoms with van der Waals surface area (Å²) in [7, 11) is 0. The van der Waals surface area contributed by atoms with Gasteiger partial charge in [0.15, 0.2) is 0 Å². The van der Waals surface area contributed by atoms with Crippen molar-refractivity contribution in [2.24, 2.45) is 0 Å². The van der Waals surface area contributed by atoms with Crippen LogP contribution in [0, 0.1) is 5.82 Å². The van der Waals surface area contributed by atoms with E-state index < -0.39 is 17.5 Å². The first-order valence-electron chi connectivity index (χ1n) is 11.2. The molecular formula is C25H27ClFN3O3. The predicted octanol–water partition coefficient (Wildman–Crippen LogP) is 4.61. The maximum Gasteiger partial charge on any atom is 0.325 e. The summed E-state index contributed by atoms with van der Waals surface area (Å²) in [5.41, 5.74) is 0.128. The van der Waals surface area contributed by atoms with Crippen molar-refractivity contribution in [3.8, 4) is 0 Å². The number of nitrogens with zero attached hydrogens (tertiary/aromatic N) is 2. The molecule has 1 N–H and O–H groups in total. The molecule has 0 radical (unpaired) electrons. The zero-order valence-electron chi connectivity index (χ0n) is 18.5. The molecule has 2 fully saturated rings. The number of halogens is 2. The Kier molecular flexibility index (Phi) is 6.70. The molecule has 4 rings (SSSR count). The standard InChI is InChI=1S/C25H27ClFN3O3/c1-25(18-9-11-19(26)12-10-18)23(32)30(24(33)28-25)16-22(31)29(21-5-3-2-4-6-21)15-17-7-13-20(27)14-8-17/h7-14,21H,2-6,15-16H2,1H3,(H,28,33). The Morgan fingerprint density at radius 3 is 2.36 bits per heavy atom. The highest BCUT2D eigenvalue weighted by molar-refractivity contribution is 6.30. The molecule has 6 nitrogen and oxygen atoms in total. The van der Waals surface area contributed by atoms with Crippen molar-refractivity contribution >= 4 is 29.4 Å². The van der Waals surface area contributed by atoms with Gasteiger partial charge in [0.2, 0.25) is 5.91 Å². The van der Waals surface area contributed by atoms with Gasteiger partial charge in [0, 0.05) is 17.6 Å². The fourth-order valence-corrected chi connectivity index (χ4v) is 4.77. The number of hydrogen-bond acceptors (Lipinski definition) is 3. The molecule has 1 aliphatic heterocycles. The van der Waals surface area contributed by atoms with E-state index in [1.54, 1.807) is 48.2 Å². The van der Waals surface area contributed by atoms with Gasteiger partial charge in [-0.3, -0.25) is 14.5 Å². The molecule has 1 atom stereocenters. The van der Waals surface area contributed by atoms with Crippen molar-refractivity contribution in [2.75, 3.05) is 6.54 Å². The van der Waals surface area contributed by atoms with Gasteiger partial charge < -0.3 is 10.2 Å². The van der Waals surface area contributed by atoms with Crippen LogP contribution in [0.25, 0.3) is 0 Å². The van der Waals surface area contributed by atoms with Gasteiger partial charge in [0.1, 0.15) is 17.9 Å². The molecule has 1 saturated heterocycles. The van der Waals surface area contributed by atoms with Crippen molar-refractivity contribution in [2.45, 2.75) is 57.2 Å². The van der Waals surface area contributed by atoms with E-state index in [9.17, 15) is 18.8 Å². The van der Waals surface area contributed by atoms with Gasteiger partial charge in [0.25, 0.3) is 5.91 Å². The zero-order chi connectivity index (χ0) is 23.6. The zero-order valence-corrected chi connectivity index (χ0v) is 19.3. The SMILES string of the molecule is CC1(c2ccc(Cl)cc2)NC(=O)N(CC(=O)N(Cc2ccc(F)cc2)C2CCCCC2)C1=O. The highest BCUT2D eigenvalue weighted by Crippen LogP contribution is 2.30. The lowest BCUT2D eigenvalue weighted by atomic mass is 9.92. The topological polar surface area (TPSA) is 69.7 Å². The molecule has 0 aromatic heterocycles. The minimum absolute atomic E-state index is 0.0275. The lowest BCUT2D eigenvalue weighted by molar-refractivity contribution is -0.141. The van der Waals surface area contributed by atoms with Crippen LogP contribution in [0.1, 0.15) is 50.2 Å². The maximum atomic E-state index is 13.4. The second-order valence-electron chi connectivity index (χ2n) is 8.89. The maximum absolute atomic E-state index is 13.4. The molecule has 1 heterocycles. The second-order valence-corrected chi connectivity index (χ2v) is 9.33. The Hall–Kier alpha value is -2.93. The highest BCUT2D eigenvalue weighted by atomic mass is 35.5. The van der Waals surface area contributed by atoms with Gasteiger partial charge in [-0.15, -0.1) is 0 Å². The summed E-state index contributed by atoms with van der Waals surface area (Å²) in [5.74, 6) is -1.11. The normalized spacial score (nSPS) is 21.2. The Morgan fingerprint density at radius 2 is 1.73 bits per heavy atom. The molecule has 2 aliphatic rings. The molecule has 174 valence electrons. The number of amides is 4. The number of carbonyl (C=O) groups is 3. The van der Waals surface area contributed by atoms with Crippen LogP contribution in [0.2, 0.25) is 5.02 Å². The van der Waals surface area contributed by atoms with E-state index in [0.29, 0.717) is 17.1 Å². The average Bonchev–Trinajstić information content (AvgIpc) is 3.03. The van der Waals surface area contributed by atoms with Crippen molar-refractivity contribution in [1.82, 2.24) is 15.1 Å². The lowest BCUT2D eigenvalue weighted by Crippen LogP contribution is -2.48. The minimum Gasteiger partial charge on any atom is -0.334 e. The van der Waals surface area contributed by atoms with Crippen LogP contribution < -0.4 is 5.32 Å². The molecule has 1 saturated carbocycles. The fourth-order valence-electron chi connectivity index (χ4n) is 4.65. The third-order valence-electron chi connectivity index (χ3n) is 6.59. The Morgan fingerprint density at radius 1 is 1.09 bits per heavy atom. The number of imide groups is 1. The van der Waals surface area contributed by atoms with Crippen molar-refractivity contribution in [3.63, 3.8) is 0 Å². The third-order valence-corrected chi connectivity index (χ3v) is 6.84. The molecule has 33 heavy (non-hydrogen) atoms. The first-order chi connectivity index (χ1) is 15.8. The van der Waals surface area contributed by atoms with Crippen LogP contribution in [0.3, 0.4) is 0 Å². The molecule has 0 bridgehead atoms. The summed E-state index contributed by atoms with van der Waals surface area (Å²) < 4.78 is 13.4. The van der Waals surface area contributed by atoms with Crippen molar-refractivity contribution < 1.29 is 18.8 Å². The van der Waals surface area contributed by atoms with Crippen LogP contribution in [0.4, 0.5) is 9.18 Å². The van der Waals surface area contributed by atoms with Crippen LogP contribution in [0.5, 0.6) is 0 Å². The van der Waals surface area contributed by atoms with Crippen LogP contribution in [0.15, 0.2) is 48.5 Å². The molecule has 2 aromatic carbocycles. The minimum atomic E-state index is -1.27. The number of carbonyl (C=O) groups excluding carboxylic acids is 3. The number of rotatable bonds is 6. The van der Waals surface area contributed by atoms with E-state index in [-0.39, 0.29) is 24.3 Å². The summed E-state index contributed by atoms with van der Waals surface area (Å²) in [4.78, 5) is 42.1. The Bertz CT molecular complexity index is 1040. The smallest absolute Gasteiger partial charge is 0.325 e. The van der Waals surface area contributed by atoms with E-state index >= 15 is 0 Å². The molecular weight excluding hydrogens is 445 g/mol. The van der Waals surface area contributed by atoms with Crippen LogP contribution in [-0.4, -0.2) is 40.2 Å². The van der Waals surface area contributed by atoms with Gasteiger partial charge in [-0.2, -0.15) is 0 Å². The van der Waals surface area contributed by atoms with E-state index in [1.807, 2.05) is 0 Å². The Labute approximate surface area is 197 Å². The Balaban J connectivity index is 1.54. The quantitative estimate of drug-likeness (QED) is 0.625. The number of benzene rings is 2. The van der Waals surface area contributed by atoms with Gasteiger partial charge in [-0.05, 0) is 55.2 Å². The van der Waals surface area contributed by atoms with Crippen molar-refractivity contribution in [3.05, 3.63) is 70.5 Å². The van der Waals surface area contributed by atoms with E-state index in [0.717, 1.165) is 42.6 Å². The largest absolute Gasteiger partial charge is 0.334 e. The summed E-state index contributed by atoms with van der Waals surface area (Å²) in [6.07, 6.45) is 4.91. The van der Waals surface area contributed by atoms with Gasteiger partial charge >= 0.3 is 6.03 Å². The summed E-state index contributed by atoms with van der Waals surface area (Å²) in [6.45, 7) is 1.59. The predicted molar refractivity (Wildman–Crippen MR) is 123 cm³/mol. The van der Waals surface area contributed by atoms with Crippen molar-refractivity contribution in [1.29, 1.82) is 0 Å². The summed E-state index contributed by atoms with van der Waals surface area (Å²) in [6, 6.07) is 12.2. The van der Waals surface area contributed by atoms with E-state index in [2.05, 4.69) is 5.32 Å². The van der Waals surface area contributed by atoms with Gasteiger partial charge in [-0.25, -0.2) is 9.18 Å². The van der Waals surface area contributed by atoms with E-state index in [4.69, 9.17) is 11.6 Å². The second kappa shape index (κ2) is 9.51. The third kappa shape index (κ3) is 4.88. The first-order valence-corrected chi connectivity index (χ1v) is 11.6. The average molecular weight is 472 g/mol. The fraction of sp³-hybridized carbons (Fsp3) is 0.400. The molecule has 1 aliphatic carbocycles.